The van der Waals surface area contributed by atoms with E-state index in [1.54, 1.807) is 18.2 Å². The molecule has 0 aliphatic heterocycles. The summed E-state index contributed by atoms with van der Waals surface area (Å²) in [6.07, 6.45) is 2.80. The Hall–Kier alpha value is -2.74. The van der Waals surface area contributed by atoms with E-state index in [0.717, 1.165) is 0 Å². The van der Waals surface area contributed by atoms with E-state index in [0.29, 0.717) is 5.56 Å². The van der Waals surface area contributed by atoms with Crippen molar-refractivity contribution in [1.82, 2.24) is 10.3 Å². The largest absolute Gasteiger partial charge is 0.467 e. The van der Waals surface area contributed by atoms with Crippen LogP contribution >= 0.6 is 0 Å². The van der Waals surface area contributed by atoms with Gasteiger partial charge in [0.25, 0.3) is 5.91 Å². The van der Waals surface area contributed by atoms with Crippen LogP contribution in [0.15, 0.2) is 59.8 Å². The van der Waals surface area contributed by atoms with Crippen molar-refractivity contribution >= 4 is 21.7 Å². The average Bonchev–Trinajstić information content (AvgIpc) is 2.65. The lowest BCUT2D eigenvalue weighted by Crippen LogP contribution is -2.42. The van der Waals surface area contributed by atoms with Crippen molar-refractivity contribution in [3.63, 3.8) is 0 Å². The Balaban J connectivity index is 2.08. The number of methoxy groups -OCH3 is 1. The highest BCUT2D eigenvalue weighted by Crippen LogP contribution is 2.13. The topological polar surface area (TPSA) is 102 Å². The normalized spacial score (nSPS) is 12.2. The minimum absolute atomic E-state index is 0.0965. The number of sulfone groups is 1. The first-order valence-electron chi connectivity index (χ1n) is 7.50. The van der Waals surface area contributed by atoms with Gasteiger partial charge in [0.1, 0.15) is 6.04 Å². The van der Waals surface area contributed by atoms with Crippen molar-refractivity contribution in [1.29, 1.82) is 0 Å². The maximum Gasteiger partial charge on any atom is 0.328 e. The molecule has 0 radical (unpaired) electrons. The minimum Gasteiger partial charge on any atom is -0.467 e. The van der Waals surface area contributed by atoms with Crippen LogP contribution in [0.5, 0.6) is 0 Å². The Labute approximate surface area is 146 Å². The number of carbonyl (C=O) groups is 2. The van der Waals surface area contributed by atoms with E-state index in [1.165, 1.54) is 43.8 Å². The van der Waals surface area contributed by atoms with Crippen molar-refractivity contribution < 1.29 is 22.7 Å². The van der Waals surface area contributed by atoms with Crippen LogP contribution in [-0.2, 0) is 19.4 Å². The molecular weight excluding hydrogens is 344 g/mol. The molecule has 1 atom stereocenters. The number of nitrogens with zero attached hydrogens (tertiary/aromatic N) is 1. The molecule has 1 aromatic carbocycles. The Morgan fingerprint density at radius 3 is 2.36 bits per heavy atom. The summed E-state index contributed by atoms with van der Waals surface area (Å²) in [7, 11) is -2.39. The van der Waals surface area contributed by atoms with Gasteiger partial charge in [0.15, 0.2) is 9.84 Å². The van der Waals surface area contributed by atoms with Gasteiger partial charge in [-0.15, -0.1) is 0 Å². The number of hydrogen-bond acceptors (Lipinski definition) is 6. The van der Waals surface area contributed by atoms with Gasteiger partial charge in [-0.25, -0.2) is 13.2 Å². The zero-order valence-electron chi connectivity index (χ0n) is 13.6. The van der Waals surface area contributed by atoms with Gasteiger partial charge in [0.2, 0.25) is 0 Å². The van der Waals surface area contributed by atoms with E-state index >= 15 is 0 Å². The van der Waals surface area contributed by atoms with E-state index in [4.69, 9.17) is 0 Å². The molecule has 1 aromatic heterocycles. The molecule has 0 aliphatic rings. The van der Waals surface area contributed by atoms with E-state index in [9.17, 15) is 18.0 Å². The first kappa shape index (κ1) is 18.6. The molecule has 1 amide bonds. The van der Waals surface area contributed by atoms with Crippen LogP contribution in [-0.4, -0.2) is 44.2 Å². The van der Waals surface area contributed by atoms with Crippen molar-refractivity contribution in [2.75, 3.05) is 12.9 Å². The molecule has 0 unspecified atom stereocenters. The fraction of sp³-hybridized carbons (Fsp3) is 0.235. The Morgan fingerprint density at radius 1 is 1.12 bits per heavy atom. The number of aromatic nitrogens is 1. The summed E-state index contributed by atoms with van der Waals surface area (Å²) in [5.41, 5.74) is 0.315. The summed E-state index contributed by atoms with van der Waals surface area (Å²) in [6, 6.07) is 9.84. The first-order valence-corrected chi connectivity index (χ1v) is 9.16. The Morgan fingerprint density at radius 2 is 1.76 bits per heavy atom. The highest BCUT2D eigenvalue weighted by atomic mass is 32.2. The summed E-state index contributed by atoms with van der Waals surface area (Å²) in [5.74, 6) is -1.51. The Bertz CT molecular complexity index is 823. The summed E-state index contributed by atoms with van der Waals surface area (Å²) < 4.78 is 29.3. The quantitative estimate of drug-likeness (QED) is 0.743. The van der Waals surface area contributed by atoms with Gasteiger partial charge >= 0.3 is 5.97 Å². The van der Waals surface area contributed by atoms with Crippen LogP contribution in [0.25, 0.3) is 0 Å². The van der Waals surface area contributed by atoms with Crippen LogP contribution < -0.4 is 5.32 Å². The number of amides is 1. The molecule has 1 N–H and O–H groups in total. The van der Waals surface area contributed by atoms with Gasteiger partial charge in [0.05, 0.1) is 17.8 Å². The zero-order chi connectivity index (χ0) is 18.3. The number of pyridine rings is 1. The van der Waals surface area contributed by atoms with Crippen LogP contribution in [0.1, 0.15) is 16.8 Å². The average molecular weight is 362 g/mol. The van der Waals surface area contributed by atoms with E-state index < -0.39 is 27.8 Å². The summed E-state index contributed by atoms with van der Waals surface area (Å²) >= 11 is 0. The van der Waals surface area contributed by atoms with Crippen LogP contribution in [0, 0.1) is 0 Å². The highest BCUT2D eigenvalue weighted by molar-refractivity contribution is 7.91. The second-order valence-corrected chi connectivity index (χ2v) is 7.31. The number of nitrogens with one attached hydrogen (secondary N) is 1. The van der Waals surface area contributed by atoms with Gasteiger partial charge < -0.3 is 10.1 Å². The molecule has 2 rings (SSSR count). The minimum atomic E-state index is -3.57. The maximum absolute atomic E-state index is 12.3. The van der Waals surface area contributed by atoms with Crippen LogP contribution in [0.4, 0.5) is 0 Å². The smallest absolute Gasteiger partial charge is 0.328 e. The second-order valence-electron chi connectivity index (χ2n) is 5.21. The van der Waals surface area contributed by atoms with E-state index in [2.05, 4.69) is 15.0 Å². The molecule has 0 fully saturated rings. The Kier molecular flexibility index (Phi) is 6.24. The summed E-state index contributed by atoms with van der Waals surface area (Å²) in [5, 5.41) is 2.50. The number of benzene rings is 1. The van der Waals surface area contributed by atoms with Gasteiger partial charge in [0, 0.05) is 18.0 Å². The molecule has 0 bridgehead atoms. The standard InChI is InChI=1S/C17H18N2O5S/c1-24-17(21)15(19-16(20)13-7-10-18-11-8-13)9-12-25(22,23)14-5-3-2-4-6-14/h2-8,10-11,15H,9,12H2,1H3,(H,19,20)/t15-/m0/s1. The number of esters is 1. The molecular formula is C17H18N2O5S. The number of rotatable bonds is 7. The van der Waals surface area contributed by atoms with Gasteiger partial charge in [-0.1, -0.05) is 18.2 Å². The van der Waals surface area contributed by atoms with Gasteiger partial charge in [-0.05, 0) is 30.7 Å². The van der Waals surface area contributed by atoms with E-state index in [-0.39, 0.29) is 17.1 Å². The third-order valence-corrected chi connectivity index (χ3v) is 5.27. The lowest BCUT2D eigenvalue weighted by Gasteiger charge is -2.16. The second kappa shape index (κ2) is 8.39. The third-order valence-electron chi connectivity index (χ3n) is 3.51. The molecule has 1 heterocycles. The summed E-state index contributed by atoms with van der Waals surface area (Å²) in [6.45, 7) is 0. The molecule has 0 spiro atoms. The van der Waals surface area contributed by atoms with Gasteiger partial charge in [-0.2, -0.15) is 0 Å². The molecule has 0 aliphatic carbocycles. The molecule has 25 heavy (non-hydrogen) atoms. The van der Waals surface area contributed by atoms with Crippen molar-refractivity contribution in [3.8, 4) is 0 Å². The van der Waals surface area contributed by atoms with E-state index in [1.807, 2.05) is 0 Å². The van der Waals surface area contributed by atoms with Crippen molar-refractivity contribution in [2.24, 2.45) is 0 Å². The number of hydrogen-bond donors (Lipinski definition) is 1. The lowest BCUT2D eigenvalue weighted by atomic mass is 10.2. The molecule has 0 saturated carbocycles. The van der Waals surface area contributed by atoms with Crippen LogP contribution in [0.3, 0.4) is 0 Å². The fourth-order valence-electron chi connectivity index (χ4n) is 2.15. The predicted molar refractivity (Wildman–Crippen MR) is 90.6 cm³/mol. The summed E-state index contributed by atoms with van der Waals surface area (Å²) in [4.78, 5) is 28.0. The fourth-order valence-corrected chi connectivity index (χ4v) is 3.51. The first-order chi connectivity index (χ1) is 11.9. The lowest BCUT2D eigenvalue weighted by molar-refractivity contribution is -0.142. The predicted octanol–water partition coefficient (Wildman–Crippen LogP) is 1.22. The molecule has 0 saturated heterocycles. The molecule has 7 nitrogen and oxygen atoms in total. The number of carbonyl (C=O) groups excluding carboxylic acids is 2. The van der Waals surface area contributed by atoms with Crippen molar-refractivity contribution in [2.45, 2.75) is 17.4 Å². The van der Waals surface area contributed by atoms with Crippen LogP contribution in [0.2, 0.25) is 0 Å². The SMILES string of the molecule is COC(=O)[C@H](CCS(=O)(=O)c1ccccc1)NC(=O)c1ccncc1. The maximum atomic E-state index is 12.3. The zero-order valence-corrected chi connectivity index (χ0v) is 14.4. The van der Waals surface area contributed by atoms with Gasteiger partial charge in [-0.3, -0.25) is 9.78 Å². The number of ether oxygens (including phenoxy) is 1. The molecule has 2 aromatic rings. The molecule has 132 valence electrons. The highest BCUT2D eigenvalue weighted by Gasteiger charge is 2.25. The molecule has 8 heteroatoms. The monoisotopic (exact) mass is 362 g/mol. The van der Waals surface area contributed by atoms with Crippen molar-refractivity contribution in [3.05, 3.63) is 60.4 Å². The third kappa shape index (κ3) is 5.12.